The Bertz CT molecular complexity index is 356. The first-order valence-electron chi connectivity index (χ1n) is 6.48. The molecular weight excluding hydrogens is 268 g/mol. The van der Waals surface area contributed by atoms with Crippen molar-refractivity contribution < 1.29 is 13.9 Å². The Balaban J connectivity index is 2.26. The van der Waals surface area contributed by atoms with Crippen LogP contribution in [0.2, 0.25) is 0 Å². The van der Waals surface area contributed by atoms with Gasteiger partial charge in [0, 0.05) is 6.54 Å². The van der Waals surface area contributed by atoms with E-state index in [1.54, 1.807) is 0 Å². The fraction of sp³-hybridized carbons (Fsp3) is 0.571. The van der Waals surface area contributed by atoms with Gasteiger partial charge in [-0.15, -0.1) is 0 Å². The number of unbranched alkanes of at least 4 members (excludes halogenated alkanes) is 2. The van der Waals surface area contributed by atoms with Crippen LogP contribution in [0.25, 0.3) is 0 Å². The molecule has 0 aliphatic carbocycles. The van der Waals surface area contributed by atoms with Crippen LogP contribution >= 0.6 is 11.8 Å². The molecule has 1 aromatic carbocycles. The zero-order valence-electron chi connectivity index (χ0n) is 11.2. The first-order valence-corrected chi connectivity index (χ1v) is 7.87. The molecule has 0 saturated carbocycles. The van der Waals surface area contributed by atoms with E-state index in [0.717, 1.165) is 37.3 Å². The molecule has 5 heteroatoms. The van der Waals surface area contributed by atoms with Crippen LogP contribution in [-0.4, -0.2) is 30.2 Å². The Hall–Kier alpha value is -0.650. The largest absolute Gasteiger partial charge is 0.387 e. The highest BCUT2D eigenvalue weighted by Crippen LogP contribution is 2.19. The van der Waals surface area contributed by atoms with Crippen LogP contribution in [0.15, 0.2) is 18.2 Å². The molecule has 108 valence electrons. The molecule has 0 radical (unpaired) electrons. The summed E-state index contributed by atoms with van der Waals surface area (Å²) in [5.74, 6) is -0.244. The summed E-state index contributed by atoms with van der Waals surface area (Å²) in [5.41, 5.74) is -0.252. The summed E-state index contributed by atoms with van der Waals surface area (Å²) in [6, 6.07) is 3.61. The minimum Gasteiger partial charge on any atom is -0.387 e. The van der Waals surface area contributed by atoms with E-state index in [-0.39, 0.29) is 12.1 Å². The van der Waals surface area contributed by atoms with Crippen LogP contribution in [0, 0.1) is 11.6 Å². The number of thioether (sulfide) groups is 1. The fourth-order valence-corrected chi connectivity index (χ4v) is 2.34. The van der Waals surface area contributed by atoms with Crippen molar-refractivity contribution >= 4 is 11.8 Å². The second-order valence-electron chi connectivity index (χ2n) is 4.41. The van der Waals surface area contributed by atoms with Gasteiger partial charge in [0.1, 0.15) is 11.6 Å². The monoisotopic (exact) mass is 289 g/mol. The number of aliphatic hydroxyl groups is 1. The number of hydrogen-bond donors (Lipinski definition) is 2. The highest BCUT2D eigenvalue weighted by molar-refractivity contribution is 7.98. The van der Waals surface area contributed by atoms with Crippen molar-refractivity contribution in [3.63, 3.8) is 0 Å². The van der Waals surface area contributed by atoms with Crippen LogP contribution in [-0.2, 0) is 0 Å². The minimum atomic E-state index is -1.15. The van der Waals surface area contributed by atoms with Crippen molar-refractivity contribution in [3.8, 4) is 0 Å². The highest BCUT2D eigenvalue weighted by atomic mass is 32.2. The second-order valence-corrected chi connectivity index (χ2v) is 5.39. The Morgan fingerprint density at radius 3 is 2.53 bits per heavy atom. The maximum absolute atomic E-state index is 13.4. The molecule has 0 fully saturated rings. The average molecular weight is 289 g/mol. The van der Waals surface area contributed by atoms with E-state index >= 15 is 0 Å². The molecule has 0 aliphatic heterocycles. The molecule has 1 atom stereocenters. The predicted molar refractivity (Wildman–Crippen MR) is 76.4 cm³/mol. The number of nitrogens with one attached hydrogen (secondary N) is 1. The minimum absolute atomic E-state index is 0.167. The lowest BCUT2D eigenvalue weighted by Crippen LogP contribution is -2.23. The third-order valence-electron chi connectivity index (χ3n) is 2.87. The van der Waals surface area contributed by atoms with Gasteiger partial charge in [-0.3, -0.25) is 0 Å². The predicted octanol–water partition coefficient (Wildman–Crippen LogP) is 3.12. The van der Waals surface area contributed by atoms with E-state index in [1.165, 1.54) is 12.5 Å². The van der Waals surface area contributed by atoms with Crippen LogP contribution < -0.4 is 5.32 Å². The van der Waals surface area contributed by atoms with Crippen molar-refractivity contribution in [1.82, 2.24) is 5.32 Å². The van der Waals surface area contributed by atoms with Crippen molar-refractivity contribution in [2.75, 3.05) is 25.1 Å². The number of rotatable bonds is 9. The van der Waals surface area contributed by atoms with Crippen molar-refractivity contribution in [2.24, 2.45) is 0 Å². The Labute approximate surface area is 117 Å². The van der Waals surface area contributed by atoms with Crippen LogP contribution in [0.3, 0.4) is 0 Å². The van der Waals surface area contributed by atoms with Gasteiger partial charge in [-0.25, -0.2) is 8.78 Å². The van der Waals surface area contributed by atoms with Gasteiger partial charge in [0.15, 0.2) is 0 Å². The fourth-order valence-electron chi connectivity index (χ4n) is 1.84. The van der Waals surface area contributed by atoms with E-state index in [2.05, 4.69) is 11.6 Å². The molecule has 2 N–H and O–H groups in total. The van der Waals surface area contributed by atoms with Gasteiger partial charge in [-0.05, 0) is 43.5 Å². The number of aliphatic hydroxyl groups excluding tert-OH is 1. The van der Waals surface area contributed by atoms with E-state index in [9.17, 15) is 13.9 Å². The number of benzene rings is 1. The number of halogens is 2. The Morgan fingerprint density at radius 1 is 1.21 bits per heavy atom. The summed E-state index contributed by atoms with van der Waals surface area (Å²) in [7, 11) is 0. The molecule has 0 amide bonds. The maximum Gasteiger partial charge on any atom is 0.131 e. The van der Waals surface area contributed by atoms with E-state index < -0.39 is 17.7 Å². The summed E-state index contributed by atoms with van der Waals surface area (Å²) in [6.45, 7) is 0.919. The lowest BCUT2D eigenvalue weighted by atomic mass is 10.1. The van der Waals surface area contributed by atoms with Gasteiger partial charge >= 0.3 is 0 Å². The smallest absolute Gasteiger partial charge is 0.131 e. The molecule has 1 unspecified atom stereocenters. The Kier molecular flexibility index (Phi) is 8.02. The molecule has 0 aromatic heterocycles. The summed E-state index contributed by atoms with van der Waals surface area (Å²) < 4.78 is 26.8. The SMILES string of the molecule is CSCCCCCNCC(O)c1c(F)cccc1F. The van der Waals surface area contributed by atoms with Gasteiger partial charge in [-0.1, -0.05) is 12.5 Å². The Morgan fingerprint density at radius 2 is 1.89 bits per heavy atom. The zero-order valence-corrected chi connectivity index (χ0v) is 12.0. The second kappa shape index (κ2) is 9.28. The molecule has 2 nitrogen and oxygen atoms in total. The summed E-state index contributed by atoms with van der Waals surface area (Å²) in [5, 5.41) is 12.8. The molecule has 1 rings (SSSR count). The van der Waals surface area contributed by atoms with Gasteiger partial charge in [-0.2, -0.15) is 11.8 Å². The standard InChI is InChI=1S/C14H21F2NOS/c1-19-9-4-2-3-8-17-10-13(18)14-11(15)6-5-7-12(14)16/h5-7,13,17-18H,2-4,8-10H2,1H3. The lowest BCUT2D eigenvalue weighted by Gasteiger charge is -2.13. The van der Waals surface area contributed by atoms with Crippen molar-refractivity contribution in [1.29, 1.82) is 0 Å². The molecule has 0 heterocycles. The quantitative estimate of drug-likeness (QED) is 0.685. The number of hydrogen-bond acceptors (Lipinski definition) is 3. The van der Waals surface area contributed by atoms with Crippen LogP contribution in [0.1, 0.15) is 30.9 Å². The normalized spacial score (nSPS) is 12.6. The van der Waals surface area contributed by atoms with Crippen molar-refractivity contribution in [2.45, 2.75) is 25.4 Å². The first kappa shape index (κ1) is 16.4. The maximum atomic E-state index is 13.4. The highest BCUT2D eigenvalue weighted by Gasteiger charge is 2.16. The molecule has 1 aromatic rings. The summed E-state index contributed by atoms with van der Waals surface area (Å²) >= 11 is 1.83. The van der Waals surface area contributed by atoms with Gasteiger partial charge in [0.25, 0.3) is 0 Å². The molecule has 0 aliphatic rings. The molecular formula is C14H21F2NOS. The lowest BCUT2D eigenvalue weighted by molar-refractivity contribution is 0.165. The average Bonchev–Trinajstić information content (AvgIpc) is 2.37. The molecule has 19 heavy (non-hydrogen) atoms. The molecule has 0 saturated heterocycles. The van der Waals surface area contributed by atoms with Gasteiger partial charge < -0.3 is 10.4 Å². The van der Waals surface area contributed by atoms with Crippen molar-refractivity contribution in [3.05, 3.63) is 35.4 Å². The van der Waals surface area contributed by atoms with E-state index in [0.29, 0.717) is 0 Å². The van der Waals surface area contributed by atoms with Gasteiger partial charge in [0.05, 0.1) is 11.7 Å². The third kappa shape index (κ3) is 5.89. The molecule has 0 bridgehead atoms. The van der Waals surface area contributed by atoms with Crippen LogP contribution in [0.5, 0.6) is 0 Å². The molecule has 0 spiro atoms. The van der Waals surface area contributed by atoms with Gasteiger partial charge in [0.2, 0.25) is 0 Å². The van der Waals surface area contributed by atoms with E-state index in [4.69, 9.17) is 0 Å². The summed E-state index contributed by atoms with van der Waals surface area (Å²) in [6.07, 6.45) is 4.24. The zero-order chi connectivity index (χ0) is 14.1. The third-order valence-corrected chi connectivity index (χ3v) is 3.57. The topological polar surface area (TPSA) is 32.3 Å². The van der Waals surface area contributed by atoms with E-state index in [1.807, 2.05) is 11.8 Å². The van der Waals surface area contributed by atoms with Crippen LogP contribution in [0.4, 0.5) is 8.78 Å². The summed E-state index contributed by atoms with van der Waals surface area (Å²) in [4.78, 5) is 0. The first-order chi connectivity index (χ1) is 9.16.